The summed E-state index contributed by atoms with van der Waals surface area (Å²) in [5.74, 6) is -0.458. The van der Waals surface area contributed by atoms with E-state index in [0.717, 1.165) is 6.26 Å². The van der Waals surface area contributed by atoms with Gasteiger partial charge in [0, 0.05) is 19.8 Å². The molecule has 1 amide bonds. The molecule has 126 valence electrons. The molecule has 0 aliphatic rings. The van der Waals surface area contributed by atoms with Gasteiger partial charge in [-0.05, 0) is 18.1 Å². The number of amides is 1. The highest BCUT2D eigenvalue weighted by Gasteiger charge is 2.20. The van der Waals surface area contributed by atoms with Crippen LogP contribution in [0.1, 0.15) is 12.0 Å². The zero-order valence-electron chi connectivity index (χ0n) is 12.3. The van der Waals surface area contributed by atoms with Gasteiger partial charge in [0.1, 0.15) is 9.84 Å². The van der Waals surface area contributed by atoms with E-state index in [0.29, 0.717) is 15.6 Å². The van der Waals surface area contributed by atoms with E-state index in [1.54, 1.807) is 25.2 Å². The number of rotatable bonds is 6. The minimum Gasteiger partial charge on any atom is -0.340 e. The fourth-order valence-electron chi connectivity index (χ4n) is 1.75. The summed E-state index contributed by atoms with van der Waals surface area (Å²) in [5, 5.41) is 0.805. The molecule has 1 aromatic rings. The summed E-state index contributed by atoms with van der Waals surface area (Å²) in [5.41, 5.74) is 6.44. The number of carbonyl (C=O) groups excluding carboxylic acids is 1. The quantitative estimate of drug-likeness (QED) is 0.808. The van der Waals surface area contributed by atoms with E-state index in [1.807, 2.05) is 0 Å². The van der Waals surface area contributed by atoms with Crippen LogP contribution in [0.25, 0.3) is 0 Å². The second kappa shape index (κ2) is 8.93. The van der Waals surface area contributed by atoms with Gasteiger partial charge in [-0.2, -0.15) is 0 Å². The number of likely N-dealkylation sites (N-methyl/N-ethyl adjacent to an activating group) is 1. The van der Waals surface area contributed by atoms with Gasteiger partial charge >= 0.3 is 0 Å². The maximum Gasteiger partial charge on any atom is 0.239 e. The SMILES string of the molecule is CN(Cc1cccc(Cl)c1Cl)C(=O)C(N)CCS(C)(=O)=O.Cl. The first-order valence-corrected chi connectivity index (χ1v) is 9.04. The van der Waals surface area contributed by atoms with Crippen LogP contribution in [0.3, 0.4) is 0 Å². The molecule has 1 rings (SSSR count). The monoisotopic (exact) mass is 388 g/mol. The first-order valence-electron chi connectivity index (χ1n) is 6.23. The smallest absolute Gasteiger partial charge is 0.239 e. The Kier molecular flexibility index (Phi) is 8.72. The summed E-state index contributed by atoms with van der Waals surface area (Å²) < 4.78 is 22.2. The Hall–Kier alpha value is -0.530. The molecule has 0 bridgehead atoms. The first kappa shape index (κ1) is 21.5. The minimum atomic E-state index is -3.14. The van der Waals surface area contributed by atoms with Crippen molar-refractivity contribution in [2.24, 2.45) is 5.73 Å². The van der Waals surface area contributed by atoms with Crippen LogP contribution in [0.4, 0.5) is 0 Å². The fraction of sp³-hybridized carbons (Fsp3) is 0.462. The van der Waals surface area contributed by atoms with Crippen LogP contribution in [-0.2, 0) is 21.2 Å². The topological polar surface area (TPSA) is 80.5 Å². The Morgan fingerprint density at radius 2 is 1.95 bits per heavy atom. The van der Waals surface area contributed by atoms with Gasteiger partial charge in [0.2, 0.25) is 5.91 Å². The molecule has 1 atom stereocenters. The molecule has 0 spiro atoms. The van der Waals surface area contributed by atoms with E-state index in [2.05, 4.69) is 0 Å². The predicted octanol–water partition coefficient (Wildman–Crippen LogP) is 2.14. The average Bonchev–Trinajstić information content (AvgIpc) is 2.39. The Balaban J connectivity index is 0.00000441. The van der Waals surface area contributed by atoms with E-state index in [1.165, 1.54) is 4.90 Å². The average molecular weight is 390 g/mol. The van der Waals surface area contributed by atoms with Gasteiger partial charge in [-0.15, -0.1) is 12.4 Å². The third-order valence-corrected chi connectivity index (χ3v) is 4.77. The number of carbonyl (C=O) groups is 1. The summed E-state index contributed by atoms with van der Waals surface area (Å²) in [6.07, 6.45) is 1.20. The van der Waals surface area contributed by atoms with Crippen molar-refractivity contribution in [3.8, 4) is 0 Å². The van der Waals surface area contributed by atoms with Crippen molar-refractivity contribution in [2.75, 3.05) is 19.1 Å². The van der Waals surface area contributed by atoms with Crippen molar-refractivity contribution >= 4 is 51.4 Å². The molecular formula is C13H19Cl3N2O3S. The highest BCUT2D eigenvalue weighted by Crippen LogP contribution is 2.26. The van der Waals surface area contributed by atoms with Crippen molar-refractivity contribution in [2.45, 2.75) is 19.0 Å². The van der Waals surface area contributed by atoms with Crippen molar-refractivity contribution in [1.82, 2.24) is 4.90 Å². The molecule has 1 aromatic carbocycles. The second-order valence-corrected chi connectivity index (χ2v) is 7.98. The van der Waals surface area contributed by atoms with Crippen molar-refractivity contribution in [3.63, 3.8) is 0 Å². The summed E-state index contributed by atoms with van der Waals surface area (Å²) in [4.78, 5) is 13.5. The Morgan fingerprint density at radius 3 is 2.50 bits per heavy atom. The molecule has 5 nitrogen and oxygen atoms in total. The number of hydrogen-bond acceptors (Lipinski definition) is 4. The third kappa shape index (κ3) is 6.71. The number of benzene rings is 1. The lowest BCUT2D eigenvalue weighted by atomic mass is 10.1. The molecule has 0 aliphatic heterocycles. The lowest BCUT2D eigenvalue weighted by Crippen LogP contribution is -2.42. The van der Waals surface area contributed by atoms with Gasteiger partial charge in [0.15, 0.2) is 0 Å². The largest absolute Gasteiger partial charge is 0.340 e. The standard InChI is InChI=1S/C13H18Cl2N2O3S.ClH/c1-17(8-9-4-3-5-10(14)12(9)15)13(18)11(16)6-7-21(2,19)20;/h3-5,11H,6-8,16H2,1-2H3;1H. The number of halogens is 3. The van der Waals surface area contributed by atoms with Crippen molar-refractivity contribution < 1.29 is 13.2 Å². The van der Waals surface area contributed by atoms with Crippen LogP contribution < -0.4 is 5.73 Å². The molecular weight excluding hydrogens is 371 g/mol. The normalized spacial score (nSPS) is 12.4. The lowest BCUT2D eigenvalue weighted by molar-refractivity contribution is -0.131. The van der Waals surface area contributed by atoms with E-state index >= 15 is 0 Å². The maximum absolute atomic E-state index is 12.1. The van der Waals surface area contributed by atoms with Gasteiger partial charge in [-0.1, -0.05) is 35.3 Å². The predicted molar refractivity (Wildman–Crippen MR) is 92.5 cm³/mol. The molecule has 22 heavy (non-hydrogen) atoms. The van der Waals surface area contributed by atoms with Crippen LogP contribution in [0, 0.1) is 0 Å². The summed E-state index contributed by atoms with van der Waals surface area (Å²) in [6.45, 7) is 0.255. The molecule has 1 unspecified atom stereocenters. The molecule has 0 aromatic heterocycles. The molecule has 0 fully saturated rings. The minimum absolute atomic E-state index is 0. The lowest BCUT2D eigenvalue weighted by Gasteiger charge is -2.22. The Morgan fingerprint density at radius 1 is 1.36 bits per heavy atom. The molecule has 0 heterocycles. The number of nitrogens with two attached hydrogens (primary N) is 1. The van der Waals surface area contributed by atoms with Crippen LogP contribution in [0.15, 0.2) is 18.2 Å². The Labute approximate surface area is 147 Å². The van der Waals surface area contributed by atoms with E-state index in [-0.39, 0.29) is 37.0 Å². The summed E-state index contributed by atoms with van der Waals surface area (Å²) >= 11 is 12.0. The number of sulfone groups is 1. The second-order valence-electron chi connectivity index (χ2n) is 4.93. The zero-order valence-corrected chi connectivity index (χ0v) is 15.4. The fourth-order valence-corrected chi connectivity index (χ4v) is 2.81. The first-order chi connectivity index (χ1) is 9.61. The number of nitrogens with zero attached hydrogens (tertiary/aromatic N) is 1. The van der Waals surface area contributed by atoms with Crippen LogP contribution in [-0.4, -0.2) is 44.3 Å². The highest BCUT2D eigenvalue weighted by molar-refractivity contribution is 7.90. The van der Waals surface area contributed by atoms with Crippen LogP contribution in [0.5, 0.6) is 0 Å². The van der Waals surface area contributed by atoms with Gasteiger partial charge in [-0.25, -0.2) is 8.42 Å². The maximum atomic E-state index is 12.1. The van der Waals surface area contributed by atoms with Gasteiger partial charge in [0.05, 0.1) is 21.8 Å². The van der Waals surface area contributed by atoms with Gasteiger partial charge in [-0.3, -0.25) is 4.79 Å². The molecule has 0 saturated carbocycles. The van der Waals surface area contributed by atoms with Crippen LogP contribution in [0.2, 0.25) is 10.0 Å². The van der Waals surface area contributed by atoms with Gasteiger partial charge < -0.3 is 10.6 Å². The highest BCUT2D eigenvalue weighted by atomic mass is 35.5. The van der Waals surface area contributed by atoms with Gasteiger partial charge in [0.25, 0.3) is 0 Å². The third-order valence-electron chi connectivity index (χ3n) is 2.93. The summed E-state index contributed by atoms with van der Waals surface area (Å²) in [6, 6.07) is 4.31. The van der Waals surface area contributed by atoms with E-state index in [4.69, 9.17) is 28.9 Å². The van der Waals surface area contributed by atoms with E-state index < -0.39 is 15.9 Å². The molecule has 0 aliphatic carbocycles. The molecule has 9 heteroatoms. The summed E-state index contributed by atoms with van der Waals surface area (Å²) in [7, 11) is -1.56. The van der Waals surface area contributed by atoms with Crippen molar-refractivity contribution in [3.05, 3.63) is 33.8 Å². The molecule has 0 saturated heterocycles. The molecule has 2 N–H and O–H groups in total. The number of hydrogen-bond donors (Lipinski definition) is 1. The van der Waals surface area contributed by atoms with E-state index in [9.17, 15) is 13.2 Å². The molecule has 0 radical (unpaired) electrons. The Bertz CT molecular complexity index is 623. The van der Waals surface area contributed by atoms with Crippen molar-refractivity contribution in [1.29, 1.82) is 0 Å². The zero-order chi connectivity index (χ0) is 16.2. The van der Waals surface area contributed by atoms with Crippen LogP contribution >= 0.6 is 35.6 Å².